The van der Waals surface area contributed by atoms with E-state index in [1.165, 1.54) is 24.3 Å². The summed E-state index contributed by atoms with van der Waals surface area (Å²) in [5.74, 6) is 0.412. The molecule has 5 rings (SSSR count). The zero-order valence-corrected chi connectivity index (χ0v) is 17.7. The molecule has 29 heavy (non-hydrogen) atoms. The predicted octanol–water partition coefficient (Wildman–Crippen LogP) is 2.48. The van der Waals surface area contributed by atoms with Crippen molar-refractivity contribution >= 4 is 31.5 Å². The second-order valence-corrected chi connectivity index (χ2v) is 11.8. The van der Waals surface area contributed by atoms with E-state index in [9.17, 15) is 21.6 Å². The highest BCUT2D eigenvalue weighted by molar-refractivity contribution is 7.92. The number of rotatable bonds is 6. The van der Waals surface area contributed by atoms with Crippen molar-refractivity contribution in [3.05, 3.63) is 53.6 Å². The van der Waals surface area contributed by atoms with E-state index in [1.54, 1.807) is 18.2 Å². The van der Waals surface area contributed by atoms with Gasteiger partial charge in [0.05, 0.1) is 21.0 Å². The number of sulfonamides is 1. The highest BCUT2D eigenvalue weighted by Gasteiger charge is 2.57. The van der Waals surface area contributed by atoms with Crippen molar-refractivity contribution in [2.24, 2.45) is 5.92 Å². The fourth-order valence-electron chi connectivity index (χ4n) is 3.95. The van der Waals surface area contributed by atoms with Crippen molar-refractivity contribution in [2.45, 2.75) is 41.5 Å². The van der Waals surface area contributed by atoms with Crippen molar-refractivity contribution in [1.29, 1.82) is 0 Å². The number of sulfone groups is 1. The SMILES string of the molecule is Cc1ccc(C(=O)NC23CC(C2)C3)c(NS(=O)(=O)c2ccc(S(C)(=O)=O)cc2)c1. The molecule has 0 saturated heterocycles. The first-order valence-corrected chi connectivity index (χ1v) is 12.6. The maximum absolute atomic E-state index is 12.8. The molecule has 0 spiro atoms. The Bertz CT molecular complexity index is 1180. The Morgan fingerprint density at radius 1 is 0.966 bits per heavy atom. The molecule has 2 aromatic carbocycles. The molecule has 3 aliphatic rings. The molecule has 0 aromatic heterocycles. The Balaban J connectivity index is 1.60. The highest BCUT2D eigenvalue weighted by atomic mass is 32.2. The topological polar surface area (TPSA) is 109 Å². The average molecular weight is 435 g/mol. The van der Waals surface area contributed by atoms with Crippen molar-refractivity contribution in [3.8, 4) is 0 Å². The third-order valence-corrected chi connectivity index (χ3v) is 8.15. The van der Waals surface area contributed by atoms with E-state index in [4.69, 9.17) is 0 Å². The molecule has 7 nitrogen and oxygen atoms in total. The van der Waals surface area contributed by atoms with E-state index >= 15 is 0 Å². The van der Waals surface area contributed by atoms with Crippen LogP contribution in [-0.2, 0) is 19.9 Å². The van der Waals surface area contributed by atoms with Crippen LogP contribution in [-0.4, -0.2) is 34.5 Å². The summed E-state index contributed by atoms with van der Waals surface area (Å²) in [5.41, 5.74) is 1.14. The minimum absolute atomic E-state index is 0.0330. The van der Waals surface area contributed by atoms with Crippen molar-refractivity contribution < 1.29 is 21.6 Å². The smallest absolute Gasteiger partial charge is 0.261 e. The summed E-state index contributed by atoms with van der Waals surface area (Å²) >= 11 is 0. The molecule has 2 N–H and O–H groups in total. The lowest BCUT2D eigenvalue weighted by atomic mass is 9.50. The summed E-state index contributed by atoms with van der Waals surface area (Å²) in [6, 6.07) is 9.94. The van der Waals surface area contributed by atoms with Gasteiger partial charge in [0, 0.05) is 11.8 Å². The lowest BCUT2D eigenvalue weighted by Crippen LogP contribution is -2.68. The Morgan fingerprint density at radius 2 is 1.55 bits per heavy atom. The van der Waals surface area contributed by atoms with Crippen molar-refractivity contribution in [1.82, 2.24) is 5.32 Å². The number of hydrogen-bond acceptors (Lipinski definition) is 5. The summed E-state index contributed by atoms with van der Waals surface area (Å²) in [4.78, 5) is 12.7. The summed E-state index contributed by atoms with van der Waals surface area (Å²) in [7, 11) is -7.42. The van der Waals surface area contributed by atoms with Crippen LogP contribution in [0.3, 0.4) is 0 Å². The van der Waals surface area contributed by atoms with Gasteiger partial charge in [-0.05, 0) is 74.1 Å². The number of hydrogen-bond donors (Lipinski definition) is 2. The summed E-state index contributed by atoms with van der Waals surface area (Å²) < 4.78 is 51.3. The zero-order chi connectivity index (χ0) is 21.0. The lowest BCUT2D eigenvalue weighted by Gasteiger charge is -2.61. The molecule has 9 heteroatoms. The fourth-order valence-corrected chi connectivity index (χ4v) is 5.65. The van der Waals surface area contributed by atoms with E-state index in [-0.39, 0.29) is 32.5 Å². The van der Waals surface area contributed by atoms with Gasteiger partial charge in [0.1, 0.15) is 0 Å². The minimum atomic E-state index is -4.00. The Morgan fingerprint density at radius 3 is 2.07 bits per heavy atom. The van der Waals surface area contributed by atoms with Crippen LogP contribution >= 0.6 is 0 Å². The molecule has 0 aliphatic heterocycles. The first-order valence-electron chi connectivity index (χ1n) is 9.24. The van der Waals surface area contributed by atoms with E-state index in [1.807, 2.05) is 6.92 Å². The molecule has 0 unspecified atom stereocenters. The molecule has 154 valence electrons. The summed E-state index contributed by atoms with van der Waals surface area (Å²) in [6.07, 6.45) is 4.01. The van der Waals surface area contributed by atoms with E-state index in [2.05, 4.69) is 10.0 Å². The lowest BCUT2D eigenvalue weighted by molar-refractivity contribution is -0.0438. The third kappa shape index (κ3) is 3.76. The quantitative estimate of drug-likeness (QED) is 0.726. The molecule has 3 saturated carbocycles. The molecule has 2 bridgehead atoms. The predicted molar refractivity (Wildman–Crippen MR) is 109 cm³/mol. The number of nitrogens with one attached hydrogen (secondary N) is 2. The first kappa shape index (κ1) is 19.9. The Kier molecular flexibility index (Phi) is 4.51. The van der Waals surface area contributed by atoms with Crippen molar-refractivity contribution in [2.75, 3.05) is 11.0 Å². The number of carbonyl (C=O) groups excluding carboxylic acids is 1. The second-order valence-electron chi connectivity index (χ2n) is 8.11. The largest absolute Gasteiger partial charge is 0.347 e. The van der Waals surface area contributed by atoms with Crippen LogP contribution in [0.2, 0.25) is 0 Å². The number of anilines is 1. The van der Waals surface area contributed by atoms with Crippen molar-refractivity contribution in [3.63, 3.8) is 0 Å². The van der Waals surface area contributed by atoms with Crippen LogP contribution < -0.4 is 10.0 Å². The maximum Gasteiger partial charge on any atom is 0.261 e. The molecule has 0 radical (unpaired) electrons. The Hall–Kier alpha value is -2.39. The van der Waals surface area contributed by atoms with E-state index < -0.39 is 19.9 Å². The van der Waals surface area contributed by atoms with Crippen LogP contribution in [0, 0.1) is 12.8 Å². The fraction of sp³-hybridized carbons (Fsp3) is 0.350. The molecular formula is C20H22N2O5S2. The number of benzene rings is 2. The van der Waals surface area contributed by atoms with E-state index in [0.717, 1.165) is 31.1 Å². The average Bonchev–Trinajstić information content (AvgIpc) is 2.56. The van der Waals surface area contributed by atoms with Crippen LogP contribution in [0.5, 0.6) is 0 Å². The van der Waals surface area contributed by atoms with Gasteiger partial charge in [-0.15, -0.1) is 0 Å². The standard InChI is InChI=1S/C20H22N2O5S2/c1-13-3-8-17(19(23)21-20-10-14(11-20)12-20)18(9-13)22-29(26,27)16-6-4-15(5-7-16)28(2,24)25/h3-9,14,22H,10-12H2,1-2H3,(H,21,23). The van der Waals surface area contributed by atoms with Crippen LogP contribution in [0.1, 0.15) is 35.2 Å². The molecule has 3 aliphatic carbocycles. The van der Waals surface area contributed by atoms with Crippen LogP contribution in [0.25, 0.3) is 0 Å². The van der Waals surface area contributed by atoms with Gasteiger partial charge in [-0.1, -0.05) is 6.07 Å². The van der Waals surface area contributed by atoms with Gasteiger partial charge in [0.15, 0.2) is 9.84 Å². The van der Waals surface area contributed by atoms with Crippen LogP contribution in [0.4, 0.5) is 5.69 Å². The summed E-state index contributed by atoms with van der Waals surface area (Å²) in [6.45, 7) is 1.81. The molecule has 1 amide bonds. The molecular weight excluding hydrogens is 412 g/mol. The van der Waals surface area contributed by atoms with Gasteiger partial charge in [-0.3, -0.25) is 9.52 Å². The van der Waals surface area contributed by atoms with E-state index in [0.29, 0.717) is 5.92 Å². The number of amides is 1. The highest BCUT2D eigenvalue weighted by Crippen LogP contribution is 2.57. The summed E-state index contributed by atoms with van der Waals surface area (Å²) in [5, 5.41) is 3.04. The minimum Gasteiger partial charge on any atom is -0.347 e. The van der Waals surface area contributed by atoms with Gasteiger partial charge in [-0.2, -0.15) is 0 Å². The number of aryl methyl sites for hydroxylation is 1. The second kappa shape index (κ2) is 6.56. The van der Waals surface area contributed by atoms with Crippen LogP contribution in [0.15, 0.2) is 52.3 Å². The third-order valence-electron chi connectivity index (χ3n) is 5.64. The molecule has 2 aromatic rings. The maximum atomic E-state index is 12.8. The molecule has 0 heterocycles. The van der Waals surface area contributed by atoms with Gasteiger partial charge in [-0.25, -0.2) is 16.8 Å². The molecule has 0 atom stereocenters. The zero-order valence-electron chi connectivity index (χ0n) is 16.1. The Labute approximate surface area is 170 Å². The number of carbonyl (C=O) groups is 1. The van der Waals surface area contributed by atoms with Gasteiger partial charge in [0.25, 0.3) is 15.9 Å². The normalized spacial score (nSPS) is 22.9. The van der Waals surface area contributed by atoms with Gasteiger partial charge < -0.3 is 5.32 Å². The molecule has 3 fully saturated rings. The monoisotopic (exact) mass is 434 g/mol. The first-order chi connectivity index (χ1) is 13.5. The van der Waals surface area contributed by atoms with Gasteiger partial charge in [0.2, 0.25) is 0 Å². The van der Waals surface area contributed by atoms with Gasteiger partial charge >= 0.3 is 0 Å².